The molecule has 1 aromatic heterocycles. The normalized spacial score (nSPS) is 20.0. The number of thiol groups is 1. The molecule has 2 unspecified atom stereocenters. The molecule has 30 heavy (non-hydrogen) atoms. The maximum Gasteiger partial charge on any atom is 0.419 e. The van der Waals surface area contributed by atoms with Gasteiger partial charge < -0.3 is 9.15 Å². The molecule has 2 atom stereocenters. The van der Waals surface area contributed by atoms with E-state index in [4.69, 9.17) is 4.74 Å². The molecule has 0 spiro atoms. The van der Waals surface area contributed by atoms with Gasteiger partial charge in [-0.25, -0.2) is 18.0 Å². The molecule has 1 N–H and O–H groups in total. The second-order valence-corrected chi connectivity index (χ2v) is 9.75. The molecule has 2 aromatic carbocycles. The van der Waals surface area contributed by atoms with Crippen molar-refractivity contribution in [3.8, 4) is 0 Å². The number of fused-ring (bicyclic) bond motifs is 1. The Morgan fingerprint density at radius 2 is 1.93 bits per heavy atom. The first-order valence-electron chi connectivity index (χ1n) is 9.33. The Bertz CT molecular complexity index is 1270. The van der Waals surface area contributed by atoms with Crippen molar-refractivity contribution in [2.24, 2.45) is 0 Å². The Balaban J connectivity index is 1.57. The van der Waals surface area contributed by atoms with Gasteiger partial charge in [0.25, 0.3) is 0 Å². The van der Waals surface area contributed by atoms with Gasteiger partial charge in [-0.3, -0.25) is 4.98 Å². The topological polar surface area (TPSA) is 110 Å². The van der Waals surface area contributed by atoms with Crippen molar-refractivity contribution in [1.82, 2.24) is 9.29 Å². The van der Waals surface area contributed by atoms with E-state index in [9.17, 15) is 18.0 Å². The van der Waals surface area contributed by atoms with Crippen LogP contribution in [0.15, 0.2) is 67.4 Å². The number of aromatic nitrogens is 1. The summed E-state index contributed by atoms with van der Waals surface area (Å²) in [6.07, 6.45) is 0.556. The van der Waals surface area contributed by atoms with Crippen LogP contribution in [0, 0.1) is 0 Å². The number of ether oxygens (including phenoxy) is 1. The number of nitrogens with zero attached hydrogens (tertiary/aromatic N) is 1. The molecule has 8 nitrogen and oxygen atoms in total. The van der Waals surface area contributed by atoms with Crippen LogP contribution in [-0.2, 0) is 21.4 Å². The van der Waals surface area contributed by atoms with Crippen LogP contribution in [-0.4, -0.2) is 42.2 Å². The fourth-order valence-electron chi connectivity index (χ4n) is 3.57. The van der Waals surface area contributed by atoms with E-state index < -0.39 is 21.4 Å². The Kier molecular flexibility index (Phi) is 5.83. The molecule has 0 saturated carbocycles. The van der Waals surface area contributed by atoms with Gasteiger partial charge in [0, 0.05) is 17.8 Å². The summed E-state index contributed by atoms with van der Waals surface area (Å²) in [4.78, 5) is 25.6. The zero-order valence-corrected chi connectivity index (χ0v) is 17.6. The van der Waals surface area contributed by atoms with Gasteiger partial charge in [-0.1, -0.05) is 30.3 Å². The zero-order valence-electron chi connectivity index (χ0n) is 15.9. The summed E-state index contributed by atoms with van der Waals surface area (Å²) in [5, 5.41) is -0.124. The van der Waals surface area contributed by atoms with Crippen molar-refractivity contribution < 1.29 is 17.6 Å². The van der Waals surface area contributed by atoms with Crippen molar-refractivity contribution in [1.29, 1.82) is 0 Å². The molecule has 158 valence electrons. The van der Waals surface area contributed by atoms with Crippen molar-refractivity contribution >= 4 is 33.6 Å². The van der Waals surface area contributed by atoms with Crippen LogP contribution < -0.4 is 11.4 Å². The fraction of sp³-hybridized carbons (Fsp3) is 0.300. The molecule has 1 saturated heterocycles. The fourth-order valence-corrected chi connectivity index (χ4v) is 5.79. The van der Waals surface area contributed by atoms with Gasteiger partial charge >= 0.3 is 11.4 Å². The van der Waals surface area contributed by atoms with E-state index in [0.29, 0.717) is 13.0 Å². The van der Waals surface area contributed by atoms with Crippen LogP contribution in [0.2, 0.25) is 0 Å². The number of hydrogen-bond acceptors (Lipinski definition) is 7. The molecule has 0 amide bonds. The summed E-state index contributed by atoms with van der Waals surface area (Å²) in [6, 6.07) is 13.2. The maximum absolute atomic E-state index is 13.3. The van der Waals surface area contributed by atoms with Gasteiger partial charge in [0.15, 0.2) is 0 Å². The molecule has 1 aliphatic rings. The van der Waals surface area contributed by atoms with E-state index in [1.807, 2.05) is 30.3 Å². The van der Waals surface area contributed by atoms with Gasteiger partial charge in [0.1, 0.15) is 0 Å². The lowest BCUT2D eigenvalue weighted by atomic mass is 10.2. The summed E-state index contributed by atoms with van der Waals surface area (Å²) in [5.74, 6) is -0.892. The Labute approximate surface area is 177 Å². The van der Waals surface area contributed by atoms with Gasteiger partial charge in [0.2, 0.25) is 10.0 Å². The van der Waals surface area contributed by atoms with Crippen LogP contribution >= 0.6 is 12.6 Å². The lowest BCUT2D eigenvalue weighted by Gasteiger charge is -2.24. The highest BCUT2D eigenvalue weighted by Gasteiger charge is 2.39. The molecule has 10 heteroatoms. The van der Waals surface area contributed by atoms with Crippen molar-refractivity contribution in [2.45, 2.75) is 29.2 Å². The number of sulfonamides is 1. The van der Waals surface area contributed by atoms with Crippen LogP contribution in [0.3, 0.4) is 0 Å². The third kappa shape index (κ3) is 4.22. The van der Waals surface area contributed by atoms with Crippen molar-refractivity contribution in [3.63, 3.8) is 0 Å². The molecule has 4 rings (SSSR count). The van der Waals surface area contributed by atoms with Gasteiger partial charge in [-0.05, 0) is 30.2 Å². The highest BCUT2D eigenvalue weighted by Crippen LogP contribution is 2.29. The predicted octanol–water partition coefficient (Wildman–Crippen LogP) is 1.76. The summed E-state index contributed by atoms with van der Waals surface area (Å²) in [5.41, 5.74) is 0.330. The number of hydrogen-bond donors (Lipinski definition) is 2. The Hall–Kier alpha value is -2.40. The SMILES string of the molecule is O=c1[nH]c2ccc(S(=O)(=O)N3CC(S)CC3COCc3ccccc3)cc2c(=O)o1. The van der Waals surface area contributed by atoms with Crippen LogP contribution in [0.5, 0.6) is 0 Å². The second-order valence-electron chi connectivity index (χ2n) is 7.13. The zero-order chi connectivity index (χ0) is 21.3. The first kappa shape index (κ1) is 20.9. The number of aromatic amines is 1. The quantitative estimate of drug-likeness (QED) is 0.556. The lowest BCUT2D eigenvalue weighted by molar-refractivity contribution is 0.0873. The maximum atomic E-state index is 13.3. The lowest BCUT2D eigenvalue weighted by Crippen LogP contribution is -2.38. The van der Waals surface area contributed by atoms with Gasteiger partial charge in [-0.15, -0.1) is 0 Å². The number of nitrogens with one attached hydrogen (secondary N) is 1. The average Bonchev–Trinajstić information content (AvgIpc) is 3.10. The minimum atomic E-state index is -3.90. The Morgan fingerprint density at radius 3 is 2.70 bits per heavy atom. The first-order chi connectivity index (χ1) is 14.3. The third-order valence-electron chi connectivity index (χ3n) is 5.00. The van der Waals surface area contributed by atoms with E-state index >= 15 is 0 Å². The monoisotopic (exact) mass is 448 g/mol. The van der Waals surface area contributed by atoms with E-state index in [1.165, 1.54) is 22.5 Å². The van der Waals surface area contributed by atoms with Crippen molar-refractivity contribution in [2.75, 3.05) is 13.2 Å². The summed E-state index contributed by atoms with van der Waals surface area (Å²) >= 11 is 4.47. The number of H-pyrrole nitrogens is 1. The molecule has 1 aliphatic heterocycles. The molecular weight excluding hydrogens is 428 g/mol. The smallest absolute Gasteiger partial charge is 0.375 e. The standard InChI is InChI=1S/C20H20N2O6S2/c23-19-17-9-16(6-7-18(17)21-20(24)28-19)30(25,26)22-10-15(29)8-14(22)12-27-11-13-4-2-1-3-5-13/h1-7,9,14-15,29H,8,10-12H2,(H,21,24). The number of benzene rings is 2. The molecule has 3 aromatic rings. The van der Waals surface area contributed by atoms with Crippen LogP contribution in [0.25, 0.3) is 10.9 Å². The van der Waals surface area contributed by atoms with Gasteiger partial charge in [-0.2, -0.15) is 16.9 Å². The molecule has 0 bridgehead atoms. The Morgan fingerprint density at radius 1 is 1.17 bits per heavy atom. The molecule has 1 fully saturated rings. The minimum absolute atomic E-state index is 0.00540. The van der Waals surface area contributed by atoms with Crippen LogP contribution in [0.1, 0.15) is 12.0 Å². The second kappa shape index (κ2) is 8.38. The van der Waals surface area contributed by atoms with Gasteiger partial charge in [0.05, 0.1) is 29.0 Å². The van der Waals surface area contributed by atoms with Crippen LogP contribution in [0.4, 0.5) is 0 Å². The summed E-state index contributed by atoms with van der Waals surface area (Å²) in [7, 11) is -3.90. The van der Waals surface area contributed by atoms with E-state index in [0.717, 1.165) is 5.56 Å². The molecule has 2 heterocycles. The molecule has 0 aliphatic carbocycles. The third-order valence-corrected chi connectivity index (χ3v) is 7.29. The molecule has 0 radical (unpaired) electrons. The summed E-state index contributed by atoms with van der Waals surface area (Å²) < 4.78 is 38.2. The van der Waals surface area contributed by atoms with Crippen molar-refractivity contribution in [3.05, 3.63) is 75.1 Å². The average molecular weight is 449 g/mol. The van der Waals surface area contributed by atoms with E-state index in [1.54, 1.807) is 0 Å². The predicted molar refractivity (Wildman–Crippen MR) is 114 cm³/mol. The number of rotatable bonds is 6. The van der Waals surface area contributed by atoms with E-state index in [2.05, 4.69) is 22.0 Å². The first-order valence-corrected chi connectivity index (χ1v) is 11.3. The highest BCUT2D eigenvalue weighted by molar-refractivity contribution is 7.89. The highest BCUT2D eigenvalue weighted by atomic mass is 32.2. The minimum Gasteiger partial charge on any atom is -0.375 e. The largest absolute Gasteiger partial charge is 0.419 e. The van der Waals surface area contributed by atoms with E-state index in [-0.39, 0.29) is 40.2 Å². The summed E-state index contributed by atoms with van der Waals surface area (Å²) in [6.45, 7) is 0.851. The molecular formula is C20H20N2O6S2.